The van der Waals surface area contributed by atoms with Crippen LogP contribution in [0.5, 0.6) is 5.75 Å². The van der Waals surface area contributed by atoms with Gasteiger partial charge in [-0.2, -0.15) is 0 Å². The van der Waals surface area contributed by atoms with E-state index in [1.54, 1.807) is 6.07 Å². The molecule has 0 spiro atoms. The maximum absolute atomic E-state index is 12.3. The van der Waals surface area contributed by atoms with E-state index in [2.05, 4.69) is 10.1 Å². The van der Waals surface area contributed by atoms with Crippen molar-refractivity contribution in [3.05, 3.63) is 29.8 Å². The first kappa shape index (κ1) is 21.5. The van der Waals surface area contributed by atoms with Crippen LogP contribution in [-0.2, 0) is 11.3 Å². The molecule has 132 valence electrons. The summed E-state index contributed by atoms with van der Waals surface area (Å²) in [6, 6.07) is 5.76. The molecule has 8 heteroatoms. The second-order valence-corrected chi connectivity index (χ2v) is 4.89. The Bertz CT molecular complexity index is 470. The largest absolute Gasteiger partial charge is 0.573 e. The predicted octanol–water partition coefficient (Wildman–Crippen LogP) is 3.53. The van der Waals surface area contributed by atoms with E-state index in [1.807, 2.05) is 0 Å². The zero-order chi connectivity index (χ0) is 16.4. The first-order valence-corrected chi connectivity index (χ1v) is 7.23. The first-order chi connectivity index (χ1) is 10.4. The van der Waals surface area contributed by atoms with Gasteiger partial charge in [-0.1, -0.05) is 31.0 Å². The number of carbonyl (C=O) groups is 1. The summed E-state index contributed by atoms with van der Waals surface area (Å²) in [6.45, 7) is 0.649. The van der Waals surface area contributed by atoms with Crippen molar-refractivity contribution in [3.8, 4) is 5.75 Å². The van der Waals surface area contributed by atoms with E-state index in [-0.39, 0.29) is 36.2 Å². The van der Waals surface area contributed by atoms with Crippen LogP contribution in [0.3, 0.4) is 0 Å². The number of hydrogen-bond acceptors (Lipinski definition) is 3. The highest BCUT2D eigenvalue weighted by Gasteiger charge is 2.31. The van der Waals surface area contributed by atoms with Crippen LogP contribution in [0, 0.1) is 0 Å². The number of carbonyl (C=O) groups excluding carboxylic acids is 1. The number of halogens is 4. The molecule has 1 aromatic rings. The number of para-hydroxylation sites is 1. The van der Waals surface area contributed by atoms with Crippen LogP contribution < -0.4 is 15.8 Å². The van der Waals surface area contributed by atoms with Crippen LogP contribution in [0.15, 0.2) is 24.3 Å². The molecule has 0 atom stereocenters. The second-order valence-electron chi connectivity index (χ2n) is 4.89. The summed E-state index contributed by atoms with van der Waals surface area (Å²) in [5.74, 6) is -0.479. The summed E-state index contributed by atoms with van der Waals surface area (Å²) < 4.78 is 40.7. The van der Waals surface area contributed by atoms with Gasteiger partial charge in [0.1, 0.15) is 5.75 Å². The van der Waals surface area contributed by atoms with Gasteiger partial charge >= 0.3 is 6.36 Å². The topological polar surface area (TPSA) is 64.4 Å². The van der Waals surface area contributed by atoms with E-state index < -0.39 is 6.36 Å². The maximum Gasteiger partial charge on any atom is 0.573 e. The highest BCUT2D eigenvalue weighted by molar-refractivity contribution is 5.85. The highest BCUT2D eigenvalue weighted by Crippen LogP contribution is 2.26. The third kappa shape index (κ3) is 10.0. The molecular weight excluding hydrogens is 333 g/mol. The molecule has 0 aliphatic carbocycles. The summed E-state index contributed by atoms with van der Waals surface area (Å²) in [5, 5.41) is 2.61. The van der Waals surface area contributed by atoms with Crippen LogP contribution in [0.2, 0.25) is 0 Å². The highest BCUT2D eigenvalue weighted by atomic mass is 35.5. The van der Waals surface area contributed by atoms with Gasteiger partial charge in [-0.05, 0) is 25.5 Å². The Hall–Kier alpha value is -1.47. The summed E-state index contributed by atoms with van der Waals surface area (Å²) >= 11 is 0. The third-order valence-electron chi connectivity index (χ3n) is 3.03. The molecule has 0 saturated heterocycles. The van der Waals surface area contributed by atoms with Crippen molar-refractivity contribution in [3.63, 3.8) is 0 Å². The van der Waals surface area contributed by atoms with Gasteiger partial charge in [0.05, 0.1) is 0 Å². The molecule has 0 heterocycles. The van der Waals surface area contributed by atoms with Gasteiger partial charge in [-0.3, -0.25) is 4.79 Å². The number of alkyl halides is 3. The molecule has 0 aliphatic heterocycles. The smallest absolute Gasteiger partial charge is 0.405 e. The Balaban J connectivity index is 0.00000484. The average Bonchev–Trinajstić information content (AvgIpc) is 2.44. The average molecular weight is 355 g/mol. The number of amides is 1. The van der Waals surface area contributed by atoms with E-state index in [0.29, 0.717) is 13.0 Å². The molecule has 1 amide bonds. The van der Waals surface area contributed by atoms with E-state index in [4.69, 9.17) is 5.73 Å². The van der Waals surface area contributed by atoms with Gasteiger partial charge in [-0.25, -0.2) is 0 Å². The number of hydrogen-bond donors (Lipinski definition) is 2. The van der Waals surface area contributed by atoms with Gasteiger partial charge in [0.15, 0.2) is 0 Å². The van der Waals surface area contributed by atoms with E-state index in [1.165, 1.54) is 18.2 Å². The van der Waals surface area contributed by atoms with Crippen LogP contribution >= 0.6 is 12.4 Å². The lowest BCUT2D eigenvalue weighted by atomic mass is 10.1. The second kappa shape index (κ2) is 11.1. The fraction of sp³-hybridized carbons (Fsp3) is 0.533. The van der Waals surface area contributed by atoms with Crippen LogP contribution in [0.4, 0.5) is 13.2 Å². The number of nitrogens with one attached hydrogen (secondary N) is 1. The van der Waals surface area contributed by atoms with Crippen LogP contribution in [0.25, 0.3) is 0 Å². The molecular formula is C15H22ClF3N2O2. The normalized spacial score (nSPS) is 10.8. The molecule has 0 aliphatic rings. The predicted molar refractivity (Wildman–Crippen MR) is 84.4 cm³/mol. The monoisotopic (exact) mass is 354 g/mol. The lowest BCUT2D eigenvalue weighted by Crippen LogP contribution is -2.24. The van der Waals surface area contributed by atoms with Gasteiger partial charge < -0.3 is 15.8 Å². The van der Waals surface area contributed by atoms with Crippen molar-refractivity contribution in [2.45, 2.75) is 45.0 Å². The third-order valence-corrected chi connectivity index (χ3v) is 3.03. The van der Waals surface area contributed by atoms with Crippen molar-refractivity contribution in [1.82, 2.24) is 5.32 Å². The molecule has 1 aromatic carbocycles. The van der Waals surface area contributed by atoms with Gasteiger partial charge in [0.25, 0.3) is 0 Å². The first-order valence-electron chi connectivity index (χ1n) is 7.23. The van der Waals surface area contributed by atoms with E-state index in [9.17, 15) is 18.0 Å². The minimum atomic E-state index is -4.75. The Morgan fingerprint density at radius 1 is 1.13 bits per heavy atom. The van der Waals surface area contributed by atoms with Crippen LogP contribution in [0.1, 0.15) is 37.7 Å². The summed E-state index contributed by atoms with van der Waals surface area (Å²) in [4.78, 5) is 11.6. The van der Waals surface area contributed by atoms with Crippen molar-refractivity contribution in [2.75, 3.05) is 6.54 Å². The molecule has 3 N–H and O–H groups in total. The fourth-order valence-electron chi connectivity index (χ4n) is 1.94. The molecule has 0 saturated carbocycles. The molecule has 0 unspecified atom stereocenters. The van der Waals surface area contributed by atoms with Crippen LogP contribution in [-0.4, -0.2) is 18.8 Å². The molecule has 0 bridgehead atoms. The fourth-order valence-corrected chi connectivity index (χ4v) is 1.94. The standard InChI is InChI=1S/C15H21F3N2O2.ClH/c16-15(17,18)22-13-8-5-4-7-12(13)11-20-14(21)9-3-1-2-6-10-19;/h4-5,7-8H,1-3,6,9-11,19H2,(H,20,21);1H. The van der Waals surface area contributed by atoms with E-state index >= 15 is 0 Å². The van der Waals surface area contributed by atoms with Crippen molar-refractivity contribution in [1.29, 1.82) is 0 Å². The number of nitrogens with two attached hydrogens (primary N) is 1. The quantitative estimate of drug-likeness (QED) is 0.667. The van der Waals surface area contributed by atoms with Gasteiger partial charge in [0, 0.05) is 18.5 Å². The van der Waals surface area contributed by atoms with Crippen molar-refractivity contribution in [2.24, 2.45) is 5.73 Å². The minimum absolute atomic E-state index is 0. The zero-order valence-electron chi connectivity index (χ0n) is 12.7. The zero-order valence-corrected chi connectivity index (χ0v) is 13.5. The Kier molecular flexibility index (Phi) is 10.4. The summed E-state index contributed by atoms with van der Waals surface area (Å²) in [7, 11) is 0. The SMILES string of the molecule is Cl.NCCCCCCC(=O)NCc1ccccc1OC(F)(F)F. The number of benzene rings is 1. The van der Waals surface area contributed by atoms with Gasteiger partial charge in [0.2, 0.25) is 5.91 Å². The summed E-state index contributed by atoms with van der Waals surface area (Å²) in [6.07, 6.45) is -0.823. The Morgan fingerprint density at radius 2 is 1.78 bits per heavy atom. The van der Waals surface area contributed by atoms with Gasteiger partial charge in [-0.15, -0.1) is 25.6 Å². The summed E-state index contributed by atoms with van der Waals surface area (Å²) in [5.41, 5.74) is 5.66. The minimum Gasteiger partial charge on any atom is -0.405 e. The molecule has 0 aromatic heterocycles. The molecule has 1 rings (SSSR count). The van der Waals surface area contributed by atoms with E-state index in [0.717, 1.165) is 25.7 Å². The van der Waals surface area contributed by atoms with Crippen molar-refractivity contribution < 1.29 is 22.7 Å². The number of unbranched alkanes of at least 4 members (excludes halogenated alkanes) is 3. The Labute approximate surface area is 140 Å². The number of rotatable bonds is 9. The molecule has 0 radical (unpaired) electrons. The molecule has 4 nitrogen and oxygen atoms in total. The van der Waals surface area contributed by atoms with Crippen molar-refractivity contribution >= 4 is 18.3 Å². The molecule has 0 fully saturated rings. The lowest BCUT2D eigenvalue weighted by molar-refractivity contribution is -0.274. The molecule has 23 heavy (non-hydrogen) atoms. The lowest BCUT2D eigenvalue weighted by Gasteiger charge is -2.13. The number of ether oxygens (including phenoxy) is 1. The maximum atomic E-state index is 12.3. The Morgan fingerprint density at radius 3 is 2.43 bits per heavy atom.